The Morgan fingerprint density at radius 1 is 1.22 bits per heavy atom. The van der Waals surface area contributed by atoms with Gasteiger partial charge in [-0.3, -0.25) is 4.79 Å². The van der Waals surface area contributed by atoms with Crippen molar-refractivity contribution in [2.45, 2.75) is 13.0 Å². The highest BCUT2D eigenvalue weighted by Crippen LogP contribution is 2.15. The lowest BCUT2D eigenvalue weighted by Gasteiger charge is -2.14. The van der Waals surface area contributed by atoms with Gasteiger partial charge in [-0.1, -0.05) is 23.7 Å². The van der Waals surface area contributed by atoms with Crippen LogP contribution in [0.15, 0.2) is 48.8 Å². The average molecular weight is 335 g/mol. The van der Waals surface area contributed by atoms with Crippen LogP contribution in [0.2, 0.25) is 5.02 Å². The van der Waals surface area contributed by atoms with Gasteiger partial charge in [-0.05, 0) is 24.6 Å². The quantitative estimate of drug-likeness (QED) is 0.515. The van der Waals surface area contributed by atoms with E-state index < -0.39 is 18.5 Å². The highest BCUT2D eigenvalue weighted by atomic mass is 35.5. The number of carbonyl (C=O) groups is 2. The number of esters is 1. The van der Waals surface area contributed by atoms with Crippen molar-refractivity contribution in [3.05, 3.63) is 70.1 Å². The number of rotatable bonds is 5. The van der Waals surface area contributed by atoms with Gasteiger partial charge in [-0.15, -0.1) is 0 Å². The molecule has 120 valence electrons. The van der Waals surface area contributed by atoms with Crippen molar-refractivity contribution < 1.29 is 19.1 Å². The second-order valence-electron chi connectivity index (χ2n) is 4.86. The fourth-order valence-electron chi connectivity index (χ4n) is 1.88. The first-order valence-corrected chi connectivity index (χ1v) is 7.24. The van der Waals surface area contributed by atoms with Gasteiger partial charge in [0.2, 0.25) is 0 Å². The summed E-state index contributed by atoms with van der Waals surface area (Å²) < 4.78 is 5.46. The van der Waals surface area contributed by atoms with Crippen LogP contribution in [0.4, 0.5) is 0 Å². The van der Waals surface area contributed by atoms with Crippen molar-refractivity contribution in [2.24, 2.45) is 0 Å². The molecule has 0 aliphatic rings. The van der Waals surface area contributed by atoms with Crippen molar-refractivity contribution in [1.82, 2.24) is 5.32 Å². The number of carbonyl (C=O) groups excluding carboxylic acids is 2. The Labute approximate surface area is 138 Å². The van der Waals surface area contributed by atoms with Gasteiger partial charge in [-0.25, -0.2) is 4.79 Å². The highest BCUT2D eigenvalue weighted by molar-refractivity contribution is 6.30. The molecule has 1 aromatic carbocycles. The van der Waals surface area contributed by atoms with Crippen molar-refractivity contribution >= 4 is 23.5 Å². The first-order valence-electron chi connectivity index (χ1n) is 6.86. The van der Waals surface area contributed by atoms with Crippen LogP contribution >= 0.6 is 11.6 Å². The molecule has 6 nitrogen and oxygen atoms in total. The number of nitrogens with zero attached hydrogens (tertiary/aromatic N) is 1. The topological polar surface area (TPSA) is 82.3 Å². The second kappa shape index (κ2) is 7.60. The number of hydrogen-bond donors (Lipinski definition) is 1. The summed E-state index contributed by atoms with van der Waals surface area (Å²) in [5.74, 6) is -1.09. The van der Waals surface area contributed by atoms with E-state index in [1.807, 2.05) is 6.92 Å². The monoisotopic (exact) mass is 334 g/mol. The molecule has 0 radical (unpaired) electrons. The van der Waals surface area contributed by atoms with E-state index in [0.717, 1.165) is 5.56 Å². The lowest BCUT2D eigenvalue weighted by Crippen LogP contribution is -2.31. The largest absolute Gasteiger partial charge is 0.619 e. The lowest BCUT2D eigenvalue weighted by atomic mass is 10.1. The zero-order valence-corrected chi connectivity index (χ0v) is 13.1. The molecule has 0 spiro atoms. The molecule has 2 rings (SSSR count). The minimum Gasteiger partial charge on any atom is -0.619 e. The normalized spacial score (nSPS) is 11.6. The van der Waals surface area contributed by atoms with Crippen LogP contribution in [0.25, 0.3) is 0 Å². The zero-order chi connectivity index (χ0) is 16.8. The van der Waals surface area contributed by atoms with E-state index in [2.05, 4.69) is 5.32 Å². The fourth-order valence-corrected chi connectivity index (χ4v) is 2.01. The highest BCUT2D eigenvalue weighted by Gasteiger charge is 2.13. The Kier molecular flexibility index (Phi) is 5.54. The zero-order valence-electron chi connectivity index (χ0n) is 12.4. The Morgan fingerprint density at radius 2 is 1.83 bits per heavy atom. The minimum absolute atomic E-state index is 0.204. The SMILES string of the molecule is C[C@H](NC(=O)COC(=O)c1cc[n+]([O-])cc1)c1ccc(Cl)cc1. The summed E-state index contributed by atoms with van der Waals surface area (Å²) >= 11 is 5.81. The van der Waals surface area contributed by atoms with Gasteiger partial charge in [0.15, 0.2) is 19.0 Å². The molecule has 7 heteroatoms. The van der Waals surface area contributed by atoms with Crippen molar-refractivity contribution in [3.8, 4) is 0 Å². The van der Waals surface area contributed by atoms with Crippen molar-refractivity contribution in [1.29, 1.82) is 0 Å². The number of hydrogen-bond acceptors (Lipinski definition) is 4. The maximum Gasteiger partial charge on any atom is 0.339 e. The predicted molar refractivity (Wildman–Crippen MR) is 83.7 cm³/mol. The molecule has 1 heterocycles. The van der Waals surface area contributed by atoms with Crippen LogP contribution in [0.3, 0.4) is 0 Å². The third-order valence-electron chi connectivity index (χ3n) is 3.12. The molecule has 0 aliphatic carbocycles. The first kappa shape index (κ1) is 16.8. The van der Waals surface area contributed by atoms with E-state index in [0.29, 0.717) is 9.75 Å². The Bertz CT molecular complexity index is 686. The van der Waals surface area contributed by atoms with Crippen LogP contribution in [0.5, 0.6) is 0 Å². The molecule has 1 amide bonds. The van der Waals surface area contributed by atoms with Gasteiger partial charge in [0, 0.05) is 17.2 Å². The summed E-state index contributed by atoms with van der Waals surface area (Å²) in [6.07, 6.45) is 2.36. The van der Waals surface area contributed by atoms with Gasteiger partial charge in [0.25, 0.3) is 5.91 Å². The number of ether oxygens (including phenoxy) is 1. The number of pyridine rings is 1. The Hall–Kier alpha value is -2.60. The van der Waals surface area contributed by atoms with Crippen LogP contribution < -0.4 is 10.0 Å². The number of aromatic nitrogens is 1. The molecule has 23 heavy (non-hydrogen) atoms. The van der Waals surface area contributed by atoms with Crippen LogP contribution in [0, 0.1) is 5.21 Å². The maximum absolute atomic E-state index is 11.8. The molecule has 1 aromatic heterocycles. The summed E-state index contributed by atoms with van der Waals surface area (Å²) in [6, 6.07) is 9.49. The van der Waals surface area contributed by atoms with Crippen molar-refractivity contribution in [2.75, 3.05) is 6.61 Å². The van der Waals surface area contributed by atoms with Crippen LogP contribution in [0.1, 0.15) is 28.9 Å². The summed E-state index contributed by atoms with van der Waals surface area (Å²) in [5.41, 5.74) is 1.09. The Balaban J connectivity index is 1.83. The summed E-state index contributed by atoms with van der Waals surface area (Å²) in [4.78, 5) is 23.5. The smallest absolute Gasteiger partial charge is 0.339 e. The predicted octanol–water partition coefficient (Wildman–Crippen LogP) is 2.01. The van der Waals surface area contributed by atoms with Crippen molar-refractivity contribution in [3.63, 3.8) is 0 Å². The van der Waals surface area contributed by atoms with E-state index in [1.165, 1.54) is 24.5 Å². The molecule has 1 N–H and O–H groups in total. The van der Waals surface area contributed by atoms with E-state index in [-0.39, 0.29) is 11.6 Å². The molecular weight excluding hydrogens is 320 g/mol. The Morgan fingerprint density at radius 3 is 2.43 bits per heavy atom. The molecule has 0 aliphatic heterocycles. The summed E-state index contributed by atoms with van der Waals surface area (Å²) in [5, 5.41) is 14.2. The third kappa shape index (κ3) is 4.96. The van der Waals surface area contributed by atoms with E-state index in [4.69, 9.17) is 16.3 Å². The summed E-state index contributed by atoms with van der Waals surface area (Å²) in [7, 11) is 0. The van der Waals surface area contributed by atoms with Gasteiger partial charge in [0.1, 0.15) is 0 Å². The molecule has 0 unspecified atom stereocenters. The number of benzene rings is 1. The molecule has 2 aromatic rings. The van der Waals surface area contributed by atoms with Crippen LogP contribution in [-0.4, -0.2) is 18.5 Å². The molecule has 0 bridgehead atoms. The van der Waals surface area contributed by atoms with Crippen LogP contribution in [-0.2, 0) is 9.53 Å². The van der Waals surface area contributed by atoms with Gasteiger partial charge < -0.3 is 15.3 Å². The first-order chi connectivity index (χ1) is 11.0. The standard InChI is InChI=1S/C16H15ClN2O4/c1-11(12-2-4-14(17)5-3-12)18-15(20)10-23-16(21)13-6-8-19(22)9-7-13/h2-9,11H,10H2,1H3,(H,18,20)/t11-/m0/s1. The van der Waals surface area contributed by atoms with E-state index in [9.17, 15) is 14.8 Å². The van der Waals surface area contributed by atoms with Gasteiger partial charge in [0.05, 0.1) is 11.6 Å². The minimum atomic E-state index is -0.667. The lowest BCUT2D eigenvalue weighted by molar-refractivity contribution is -0.605. The fraction of sp³-hybridized carbons (Fsp3) is 0.188. The number of halogens is 1. The molecule has 1 atom stereocenters. The average Bonchev–Trinajstić information content (AvgIpc) is 2.54. The number of nitrogens with one attached hydrogen (secondary N) is 1. The molecule has 0 saturated heterocycles. The molecule has 0 fully saturated rings. The molecular formula is C16H15ClN2O4. The molecule has 0 saturated carbocycles. The van der Waals surface area contributed by atoms with Gasteiger partial charge in [-0.2, -0.15) is 4.73 Å². The summed E-state index contributed by atoms with van der Waals surface area (Å²) in [6.45, 7) is 1.41. The van der Waals surface area contributed by atoms with E-state index in [1.54, 1.807) is 24.3 Å². The third-order valence-corrected chi connectivity index (χ3v) is 3.37. The second-order valence-corrected chi connectivity index (χ2v) is 5.30. The van der Waals surface area contributed by atoms with E-state index >= 15 is 0 Å². The maximum atomic E-state index is 11.8. The van der Waals surface area contributed by atoms with Gasteiger partial charge >= 0.3 is 5.97 Å². The number of amides is 1.